The van der Waals surface area contributed by atoms with Crippen molar-refractivity contribution in [2.24, 2.45) is 0 Å². The van der Waals surface area contributed by atoms with Gasteiger partial charge in [0, 0.05) is 0 Å². The van der Waals surface area contributed by atoms with Crippen LogP contribution in [-0.4, -0.2) is 39.9 Å². The molecule has 0 aliphatic heterocycles. The summed E-state index contributed by atoms with van der Waals surface area (Å²) in [7, 11) is 1.61. The van der Waals surface area contributed by atoms with Crippen LogP contribution in [0.1, 0.15) is 23.1 Å². The highest BCUT2D eigenvalue weighted by Gasteiger charge is 2.16. The van der Waals surface area contributed by atoms with Gasteiger partial charge in [0.2, 0.25) is 0 Å². The van der Waals surface area contributed by atoms with Crippen molar-refractivity contribution >= 4 is 5.97 Å². The third kappa shape index (κ3) is 3.06. The van der Waals surface area contributed by atoms with E-state index in [1.165, 1.54) is 4.68 Å². The highest BCUT2D eigenvalue weighted by Crippen LogP contribution is 2.12. The molecule has 0 radical (unpaired) electrons. The van der Waals surface area contributed by atoms with Crippen molar-refractivity contribution in [3.63, 3.8) is 0 Å². The van der Waals surface area contributed by atoms with Gasteiger partial charge in [-0.25, -0.2) is 9.48 Å². The molecule has 0 N–H and O–H groups in total. The second kappa shape index (κ2) is 5.94. The third-order valence-electron chi connectivity index (χ3n) is 2.48. The Morgan fingerprint density at radius 1 is 1.32 bits per heavy atom. The fraction of sp³-hybridized carbons (Fsp3) is 0.333. The van der Waals surface area contributed by atoms with Crippen LogP contribution in [0, 0.1) is 0 Å². The maximum absolute atomic E-state index is 11.6. The van der Waals surface area contributed by atoms with Crippen molar-refractivity contribution in [2.75, 3.05) is 13.7 Å². The van der Waals surface area contributed by atoms with E-state index in [1.54, 1.807) is 14.0 Å². The van der Waals surface area contributed by atoms with Crippen LogP contribution in [0.2, 0.25) is 0 Å². The van der Waals surface area contributed by atoms with Crippen LogP contribution in [0.15, 0.2) is 24.3 Å². The Morgan fingerprint density at radius 3 is 2.68 bits per heavy atom. The molecule has 100 valence electrons. The molecule has 7 heteroatoms. The van der Waals surface area contributed by atoms with Crippen molar-refractivity contribution in [2.45, 2.75) is 13.5 Å². The maximum atomic E-state index is 11.6. The zero-order valence-corrected chi connectivity index (χ0v) is 10.7. The smallest absolute Gasteiger partial charge is 0.378 e. The van der Waals surface area contributed by atoms with Gasteiger partial charge in [-0.1, -0.05) is 12.1 Å². The van der Waals surface area contributed by atoms with E-state index in [2.05, 4.69) is 15.5 Å². The number of nitrogens with zero attached hydrogens (tertiary/aromatic N) is 4. The summed E-state index contributed by atoms with van der Waals surface area (Å²) >= 11 is 0. The number of carbonyl (C=O) groups excluding carboxylic acids is 1. The largest absolute Gasteiger partial charge is 0.497 e. The van der Waals surface area contributed by atoms with E-state index >= 15 is 0 Å². The first-order chi connectivity index (χ1) is 9.24. The van der Waals surface area contributed by atoms with Gasteiger partial charge in [0.25, 0.3) is 5.82 Å². The monoisotopic (exact) mass is 262 g/mol. The summed E-state index contributed by atoms with van der Waals surface area (Å²) in [5.74, 6) is 0.338. The number of tetrazole rings is 1. The summed E-state index contributed by atoms with van der Waals surface area (Å²) < 4.78 is 11.4. The normalized spacial score (nSPS) is 10.2. The minimum absolute atomic E-state index is 0.0951. The summed E-state index contributed by atoms with van der Waals surface area (Å²) in [4.78, 5) is 11.6. The van der Waals surface area contributed by atoms with Gasteiger partial charge in [0.15, 0.2) is 0 Å². The first kappa shape index (κ1) is 13.0. The molecule has 1 aromatic carbocycles. The molecule has 7 nitrogen and oxygen atoms in total. The van der Waals surface area contributed by atoms with Crippen LogP contribution in [0.5, 0.6) is 5.75 Å². The van der Waals surface area contributed by atoms with Crippen LogP contribution in [-0.2, 0) is 11.3 Å². The van der Waals surface area contributed by atoms with E-state index < -0.39 is 5.97 Å². The molecule has 0 amide bonds. The molecule has 1 heterocycles. The lowest BCUT2D eigenvalue weighted by molar-refractivity contribution is 0.0505. The van der Waals surface area contributed by atoms with Crippen LogP contribution in [0.4, 0.5) is 0 Å². The minimum Gasteiger partial charge on any atom is -0.497 e. The highest BCUT2D eigenvalue weighted by atomic mass is 16.5. The number of carbonyl (C=O) groups is 1. The summed E-state index contributed by atoms with van der Waals surface area (Å²) in [6.07, 6.45) is 0. The average molecular weight is 262 g/mol. The van der Waals surface area contributed by atoms with Gasteiger partial charge in [-0.05, 0) is 35.0 Å². The Labute approximate surface area is 110 Å². The number of methoxy groups -OCH3 is 1. The predicted molar refractivity (Wildman–Crippen MR) is 65.9 cm³/mol. The van der Waals surface area contributed by atoms with Crippen LogP contribution in [0.25, 0.3) is 0 Å². The molecule has 0 aliphatic rings. The third-order valence-corrected chi connectivity index (χ3v) is 2.48. The van der Waals surface area contributed by atoms with Crippen molar-refractivity contribution < 1.29 is 14.3 Å². The second-order valence-electron chi connectivity index (χ2n) is 3.73. The van der Waals surface area contributed by atoms with Gasteiger partial charge in [-0.15, -0.1) is 5.10 Å². The van der Waals surface area contributed by atoms with E-state index in [0.29, 0.717) is 6.54 Å². The summed E-state index contributed by atoms with van der Waals surface area (Å²) in [5.41, 5.74) is 0.957. The van der Waals surface area contributed by atoms with Crippen molar-refractivity contribution in [1.29, 1.82) is 0 Å². The van der Waals surface area contributed by atoms with E-state index in [9.17, 15) is 4.79 Å². The fourth-order valence-electron chi connectivity index (χ4n) is 1.56. The quantitative estimate of drug-likeness (QED) is 0.745. The van der Waals surface area contributed by atoms with E-state index in [0.717, 1.165) is 11.3 Å². The molecule has 0 bridgehead atoms. The van der Waals surface area contributed by atoms with Crippen molar-refractivity contribution in [3.8, 4) is 5.75 Å². The summed E-state index contributed by atoms with van der Waals surface area (Å²) in [5, 5.41) is 10.9. The van der Waals surface area contributed by atoms with Crippen LogP contribution >= 0.6 is 0 Å². The number of rotatable bonds is 5. The molecule has 0 aliphatic carbocycles. The Morgan fingerprint density at radius 2 is 2.05 bits per heavy atom. The molecule has 0 fully saturated rings. The fourth-order valence-corrected chi connectivity index (χ4v) is 1.56. The Bertz CT molecular complexity index is 550. The van der Waals surface area contributed by atoms with Crippen LogP contribution in [0.3, 0.4) is 0 Å². The number of benzene rings is 1. The molecular weight excluding hydrogens is 248 g/mol. The van der Waals surface area contributed by atoms with Gasteiger partial charge in [-0.3, -0.25) is 0 Å². The molecule has 0 saturated carbocycles. The Hall–Kier alpha value is -2.44. The first-order valence-electron chi connectivity index (χ1n) is 5.80. The van der Waals surface area contributed by atoms with Crippen LogP contribution < -0.4 is 4.74 Å². The average Bonchev–Trinajstić information content (AvgIpc) is 2.88. The molecule has 19 heavy (non-hydrogen) atoms. The number of ether oxygens (including phenoxy) is 2. The molecule has 0 saturated heterocycles. The van der Waals surface area contributed by atoms with E-state index in [1.807, 2.05) is 24.3 Å². The van der Waals surface area contributed by atoms with Gasteiger partial charge in [0.1, 0.15) is 5.75 Å². The van der Waals surface area contributed by atoms with E-state index in [-0.39, 0.29) is 12.4 Å². The molecule has 0 atom stereocenters. The topological polar surface area (TPSA) is 79.1 Å². The lowest BCUT2D eigenvalue weighted by Crippen LogP contribution is -2.15. The lowest BCUT2D eigenvalue weighted by Gasteiger charge is -2.05. The molecule has 0 spiro atoms. The summed E-state index contributed by atoms with van der Waals surface area (Å²) in [6, 6.07) is 7.44. The van der Waals surface area contributed by atoms with Gasteiger partial charge in [0.05, 0.1) is 20.3 Å². The maximum Gasteiger partial charge on any atom is 0.378 e. The van der Waals surface area contributed by atoms with Gasteiger partial charge in [-0.2, -0.15) is 0 Å². The minimum atomic E-state index is -0.527. The Kier molecular flexibility index (Phi) is 4.07. The van der Waals surface area contributed by atoms with Gasteiger partial charge >= 0.3 is 5.97 Å². The van der Waals surface area contributed by atoms with Crippen molar-refractivity contribution in [3.05, 3.63) is 35.7 Å². The highest BCUT2D eigenvalue weighted by molar-refractivity contribution is 5.85. The standard InChI is InChI=1S/C12H14N4O3/c1-3-19-12(17)11-13-14-15-16(11)8-9-4-6-10(18-2)7-5-9/h4-7H,3,8H2,1-2H3. The lowest BCUT2D eigenvalue weighted by atomic mass is 10.2. The van der Waals surface area contributed by atoms with E-state index in [4.69, 9.17) is 9.47 Å². The molecule has 1 aromatic heterocycles. The molecular formula is C12H14N4O3. The zero-order chi connectivity index (χ0) is 13.7. The predicted octanol–water partition coefficient (Wildman–Crippen LogP) is 0.907. The number of hydrogen-bond donors (Lipinski definition) is 0. The van der Waals surface area contributed by atoms with Gasteiger partial charge < -0.3 is 9.47 Å². The van der Waals surface area contributed by atoms with Crippen molar-refractivity contribution in [1.82, 2.24) is 20.2 Å². The first-order valence-corrected chi connectivity index (χ1v) is 5.80. The zero-order valence-electron chi connectivity index (χ0n) is 10.7. The molecule has 2 aromatic rings. The second-order valence-corrected chi connectivity index (χ2v) is 3.73. The SMILES string of the molecule is CCOC(=O)c1nnnn1Cc1ccc(OC)cc1. The molecule has 2 rings (SSSR count). The number of hydrogen-bond acceptors (Lipinski definition) is 6. The molecule has 0 unspecified atom stereocenters. The summed E-state index contributed by atoms with van der Waals surface area (Å²) in [6.45, 7) is 2.41. The number of aromatic nitrogens is 4. The Balaban J connectivity index is 2.14. The number of esters is 1.